The van der Waals surface area contributed by atoms with Crippen LogP contribution in [-0.4, -0.2) is 61.2 Å². The number of nitrogens with zero attached hydrogens (tertiary/aromatic N) is 3. The zero-order valence-electron chi connectivity index (χ0n) is 16.3. The van der Waals surface area contributed by atoms with Gasteiger partial charge in [-0.3, -0.25) is 14.9 Å². The lowest BCUT2D eigenvalue weighted by Gasteiger charge is -2.33. The maximum atomic E-state index is 13.9. The zero-order valence-corrected chi connectivity index (χ0v) is 17.1. The molecular formula is C19H20F2N4O5S. The molecule has 0 spiro atoms. The fourth-order valence-corrected chi connectivity index (χ4v) is 4.69. The molecule has 0 bridgehead atoms. The van der Waals surface area contributed by atoms with Gasteiger partial charge in [0.05, 0.1) is 4.92 Å². The summed E-state index contributed by atoms with van der Waals surface area (Å²) < 4.78 is 53.6. The lowest BCUT2D eigenvalue weighted by molar-refractivity contribution is -0.384. The van der Waals surface area contributed by atoms with Gasteiger partial charge in [0.1, 0.15) is 16.5 Å². The number of rotatable bonds is 7. The highest BCUT2D eigenvalue weighted by Gasteiger charge is 2.31. The standard InChI is InChI=1S/C19H20F2N4O5S/c20-14-4-5-17(21)18(12-14)31(29,30)24-10-8-23(9-11-24)7-6-19(26)22-15-2-1-3-16(13-15)25(27)28/h1-5,12-13H,6-11H2,(H,22,26). The number of anilines is 1. The molecule has 0 aliphatic carbocycles. The minimum atomic E-state index is -4.16. The van der Waals surface area contributed by atoms with E-state index in [-0.39, 0.29) is 31.1 Å². The first-order valence-electron chi connectivity index (χ1n) is 9.38. The van der Waals surface area contributed by atoms with Gasteiger partial charge in [-0.25, -0.2) is 17.2 Å². The van der Waals surface area contributed by atoms with Crippen molar-refractivity contribution in [1.29, 1.82) is 0 Å². The molecule has 9 nitrogen and oxygen atoms in total. The van der Waals surface area contributed by atoms with Gasteiger partial charge < -0.3 is 10.2 Å². The van der Waals surface area contributed by atoms with Crippen LogP contribution in [0, 0.1) is 21.7 Å². The van der Waals surface area contributed by atoms with E-state index in [2.05, 4.69) is 5.32 Å². The molecular weight excluding hydrogens is 434 g/mol. The van der Waals surface area contributed by atoms with E-state index in [1.807, 2.05) is 4.90 Å². The molecule has 1 N–H and O–H groups in total. The molecule has 1 amide bonds. The first kappa shape index (κ1) is 22.7. The van der Waals surface area contributed by atoms with Crippen molar-refractivity contribution in [1.82, 2.24) is 9.21 Å². The van der Waals surface area contributed by atoms with Crippen molar-refractivity contribution >= 4 is 27.3 Å². The van der Waals surface area contributed by atoms with E-state index >= 15 is 0 Å². The number of carbonyl (C=O) groups is 1. The molecule has 0 radical (unpaired) electrons. The van der Waals surface area contributed by atoms with Gasteiger partial charge in [0.2, 0.25) is 15.9 Å². The van der Waals surface area contributed by atoms with Crippen LogP contribution in [0.4, 0.5) is 20.2 Å². The van der Waals surface area contributed by atoms with Crippen LogP contribution in [0.25, 0.3) is 0 Å². The molecule has 31 heavy (non-hydrogen) atoms. The van der Waals surface area contributed by atoms with Gasteiger partial charge in [0.25, 0.3) is 5.69 Å². The highest BCUT2D eigenvalue weighted by Crippen LogP contribution is 2.22. The third kappa shape index (κ3) is 5.60. The Balaban J connectivity index is 1.51. The van der Waals surface area contributed by atoms with Crippen molar-refractivity contribution in [2.75, 3.05) is 38.0 Å². The molecule has 3 rings (SSSR count). The Kier molecular flexibility index (Phi) is 6.93. The Bertz CT molecular complexity index is 1090. The number of hydrogen-bond donors (Lipinski definition) is 1. The first-order chi connectivity index (χ1) is 14.7. The summed E-state index contributed by atoms with van der Waals surface area (Å²) in [5, 5.41) is 13.4. The van der Waals surface area contributed by atoms with Gasteiger partial charge in [-0.1, -0.05) is 6.07 Å². The van der Waals surface area contributed by atoms with Crippen LogP contribution in [0.1, 0.15) is 6.42 Å². The van der Waals surface area contributed by atoms with Crippen LogP contribution in [0.5, 0.6) is 0 Å². The lowest BCUT2D eigenvalue weighted by atomic mass is 10.2. The molecule has 0 unspecified atom stereocenters. The molecule has 0 aromatic heterocycles. The number of nitrogens with one attached hydrogen (secondary N) is 1. The number of non-ortho nitro benzene ring substituents is 1. The third-order valence-electron chi connectivity index (χ3n) is 4.84. The smallest absolute Gasteiger partial charge is 0.271 e. The summed E-state index contributed by atoms with van der Waals surface area (Å²) in [6.45, 7) is 1.14. The molecule has 0 atom stereocenters. The number of nitro groups is 1. The minimum absolute atomic E-state index is 0.0742. The monoisotopic (exact) mass is 454 g/mol. The summed E-state index contributed by atoms with van der Waals surface area (Å²) in [6, 6.07) is 7.87. The van der Waals surface area contributed by atoms with Crippen LogP contribution in [0.2, 0.25) is 0 Å². The number of sulfonamides is 1. The molecule has 1 saturated heterocycles. The normalized spacial score (nSPS) is 15.5. The number of benzene rings is 2. The molecule has 1 aliphatic rings. The summed E-state index contributed by atoms with van der Waals surface area (Å²) in [5.74, 6) is -2.19. The molecule has 2 aromatic rings. The van der Waals surface area contributed by atoms with E-state index in [1.54, 1.807) is 6.07 Å². The lowest BCUT2D eigenvalue weighted by Crippen LogP contribution is -2.49. The molecule has 0 saturated carbocycles. The molecule has 12 heteroatoms. The van der Waals surface area contributed by atoms with Crippen LogP contribution < -0.4 is 5.32 Å². The van der Waals surface area contributed by atoms with E-state index in [4.69, 9.17) is 0 Å². The average molecular weight is 454 g/mol. The summed E-state index contributed by atoms with van der Waals surface area (Å²) in [4.78, 5) is 23.5. The first-order valence-corrected chi connectivity index (χ1v) is 10.8. The molecule has 166 valence electrons. The Morgan fingerprint density at radius 1 is 1.10 bits per heavy atom. The Morgan fingerprint density at radius 3 is 2.48 bits per heavy atom. The van der Waals surface area contributed by atoms with Crippen LogP contribution >= 0.6 is 0 Å². The van der Waals surface area contributed by atoms with Crippen molar-refractivity contribution < 1.29 is 26.9 Å². The number of halogens is 2. The van der Waals surface area contributed by atoms with Crippen molar-refractivity contribution in [3.63, 3.8) is 0 Å². The van der Waals surface area contributed by atoms with Crippen molar-refractivity contribution in [2.24, 2.45) is 0 Å². The van der Waals surface area contributed by atoms with Gasteiger partial charge in [0, 0.05) is 57.0 Å². The van der Waals surface area contributed by atoms with Gasteiger partial charge >= 0.3 is 0 Å². The molecule has 1 aliphatic heterocycles. The Morgan fingerprint density at radius 2 is 1.81 bits per heavy atom. The SMILES string of the molecule is O=C(CCN1CCN(S(=O)(=O)c2cc(F)ccc2F)CC1)Nc1cccc([N+](=O)[O-])c1. The summed E-state index contributed by atoms with van der Waals surface area (Å²) in [5.41, 5.74) is 0.178. The highest BCUT2D eigenvalue weighted by molar-refractivity contribution is 7.89. The summed E-state index contributed by atoms with van der Waals surface area (Å²) >= 11 is 0. The largest absolute Gasteiger partial charge is 0.326 e. The fraction of sp³-hybridized carbons (Fsp3) is 0.316. The van der Waals surface area contributed by atoms with Crippen LogP contribution in [0.3, 0.4) is 0 Å². The van der Waals surface area contributed by atoms with Gasteiger partial charge in [-0.05, 0) is 24.3 Å². The highest BCUT2D eigenvalue weighted by atomic mass is 32.2. The topological polar surface area (TPSA) is 113 Å². The van der Waals surface area contributed by atoms with E-state index in [0.29, 0.717) is 31.4 Å². The number of carbonyl (C=O) groups excluding carboxylic acids is 1. The second-order valence-electron chi connectivity index (χ2n) is 6.93. The number of hydrogen-bond acceptors (Lipinski definition) is 6. The van der Waals surface area contributed by atoms with Gasteiger partial charge in [-0.2, -0.15) is 4.31 Å². The molecule has 2 aromatic carbocycles. The Hall–Kier alpha value is -2.96. The maximum Gasteiger partial charge on any atom is 0.271 e. The van der Waals surface area contributed by atoms with Crippen molar-refractivity contribution in [2.45, 2.75) is 11.3 Å². The zero-order chi connectivity index (χ0) is 22.6. The number of amides is 1. The summed E-state index contributed by atoms with van der Waals surface area (Å²) in [7, 11) is -4.16. The maximum absolute atomic E-state index is 13.9. The van der Waals surface area contributed by atoms with Gasteiger partial charge in [0.15, 0.2) is 0 Å². The molecule has 1 fully saturated rings. The van der Waals surface area contributed by atoms with Crippen LogP contribution in [0.15, 0.2) is 47.4 Å². The average Bonchev–Trinajstić information content (AvgIpc) is 2.74. The number of nitro benzene ring substituents is 1. The second kappa shape index (κ2) is 9.45. The summed E-state index contributed by atoms with van der Waals surface area (Å²) in [6.07, 6.45) is 0.105. The third-order valence-corrected chi connectivity index (χ3v) is 6.75. The van der Waals surface area contributed by atoms with E-state index < -0.39 is 31.5 Å². The quantitative estimate of drug-likeness (QED) is 0.507. The van der Waals surface area contributed by atoms with E-state index in [9.17, 15) is 32.1 Å². The van der Waals surface area contributed by atoms with E-state index in [0.717, 1.165) is 16.4 Å². The predicted molar refractivity (Wildman–Crippen MR) is 108 cm³/mol. The van der Waals surface area contributed by atoms with Crippen molar-refractivity contribution in [3.05, 3.63) is 64.2 Å². The fourth-order valence-electron chi connectivity index (χ4n) is 3.19. The van der Waals surface area contributed by atoms with Gasteiger partial charge in [-0.15, -0.1) is 0 Å². The van der Waals surface area contributed by atoms with E-state index in [1.165, 1.54) is 18.2 Å². The minimum Gasteiger partial charge on any atom is -0.326 e. The Labute approximate surface area is 177 Å². The second-order valence-corrected chi connectivity index (χ2v) is 8.83. The predicted octanol–water partition coefficient (Wildman–Crippen LogP) is 2.21. The van der Waals surface area contributed by atoms with Crippen molar-refractivity contribution in [3.8, 4) is 0 Å². The number of piperazine rings is 1. The molecule has 1 heterocycles. The van der Waals surface area contributed by atoms with Crippen LogP contribution in [-0.2, 0) is 14.8 Å².